The number of Topliss-reactive ketones (excluding diaryl/α,β-unsaturated/α-hetero) is 1. The maximum atomic E-state index is 12.6. The van der Waals surface area contributed by atoms with Crippen molar-refractivity contribution in [3.05, 3.63) is 65.2 Å². The largest absolute Gasteiger partial charge is 0.466 e. The van der Waals surface area contributed by atoms with Crippen molar-refractivity contribution in [1.82, 2.24) is 0 Å². The third-order valence-corrected chi connectivity index (χ3v) is 5.02. The molecule has 0 atom stereocenters. The van der Waals surface area contributed by atoms with Gasteiger partial charge in [0.1, 0.15) is 0 Å². The number of ketones is 1. The quantitative estimate of drug-likeness (QED) is 0.477. The van der Waals surface area contributed by atoms with E-state index in [9.17, 15) is 18.0 Å². The minimum Gasteiger partial charge on any atom is -0.466 e. The monoisotopic (exact) mass is 373 g/mol. The van der Waals surface area contributed by atoms with Crippen LogP contribution in [-0.4, -0.2) is 27.3 Å². The van der Waals surface area contributed by atoms with Crippen molar-refractivity contribution in [3.8, 4) is 0 Å². The molecule has 0 saturated heterocycles. The fourth-order valence-corrected chi connectivity index (χ4v) is 3.25. The summed E-state index contributed by atoms with van der Waals surface area (Å²) < 4.78 is 32.2. The highest BCUT2D eigenvalue weighted by Crippen LogP contribution is 2.23. The number of aryl methyl sites for hydroxylation is 1. The van der Waals surface area contributed by atoms with Gasteiger partial charge in [-0.2, -0.15) is 0 Å². The van der Waals surface area contributed by atoms with Gasteiger partial charge in [0.05, 0.1) is 17.7 Å². The van der Waals surface area contributed by atoms with Gasteiger partial charge in [0, 0.05) is 11.6 Å². The Kier molecular flexibility index (Phi) is 5.94. The zero-order chi connectivity index (χ0) is 19.3. The Balaban J connectivity index is 2.44. The van der Waals surface area contributed by atoms with Gasteiger partial charge in [0.25, 0.3) is 10.0 Å². The maximum Gasteiger partial charge on any atom is 0.330 e. The minimum absolute atomic E-state index is 0.113. The fourth-order valence-electron chi connectivity index (χ4n) is 2.16. The van der Waals surface area contributed by atoms with E-state index in [-0.39, 0.29) is 16.4 Å². The van der Waals surface area contributed by atoms with E-state index >= 15 is 0 Å². The lowest BCUT2D eigenvalue weighted by atomic mass is 10.1. The van der Waals surface area contributed by atoms with Crippen LogP contribution in [0.5, 0.6) is 0 Å². The molecular formula is C19H19NO5S. The average Bonchev–Trinajstić information content (AvgIpc) is 2.60. The maximum absolute atomic E-state index is 12.6. The first-order chi connectivity index (χ1) is 12.2. The van der Waals surface area contributed by atoms with Crippen molar-refractivity contribution in [2.24, 2.45) is 0 Å². The molecule has 1 N–H and O–H groups in total. The Morgan fingerprint density at radius 1 is 1.08 bits per heavy atom. The molecule has 0 radical (unpaired) electrons. The summed E-state index contributed by atoms with van der Waals surface area (Å²) in [5.74, 6) is -0.767. The third-order valence-electron chi connectivity index (χ3n) is 3.63. The highest BCUT2D eigenvalue weighted by atomic mass is 32.2. The van der Waals surface area contributed by atoms with Crippen molar-refractivity contribution in [1.29, 1.82) is 0 Å². The third kappa shape index (κ3) is 4.80. The first-order valence-corrected chi connectivity index (χ1v) is 9.22. The summed E-state index contributed by atoms with van der Waals surface area (Å²) >= 11 is 0. The zero-order valence-electron chi connectivity index (χ0n) is 14.6. The van der Waals surface area contributed by atoms with Crippen LogP contribution in [-0.2, 0) is 19.6 Å². The second kappa shape index (κ2) is 7.97. The number of hydrogen-bond acceptors (Lipinski definition) is 5. The number of rotatable bonds is 6. The highest BCUT2D eigenvalue weighted by molar-refractivity contribution is 7.92. The van der Waals surface area contributed by atoms with E-state index in [1.54, 1.807) is 12.1 Å². The first kappa shape index (κ1) is 19.4. The Bertz CT molecular complexity index is 960. The van der Waals surface area contributed by atoms with E-state index < -0.39 is 16.0 Å². The Morgan fingerprint density at radius 2 is 1.73 bits per heavy atom. The molecule has 0 heterocycles. The summed E-state index contributed by atoms with van der Waals surface area (Å²) in [5, 5.41) is 0. The normalized spacial score (nSPS) is 11.3. The first-order valence-electron chi connectivity index (χ1n) is 7.73. The molecule has 0 bridgehead atoms. The zero-order valence-corrected chi connectivity index (χ0v) is 15.5. The van der Waals surface area contributed by atoms with E-state index in [0.717, 1.165) is 11.6 Å². The summed E-state index contributed by atoms with van der Waals surface area (Å²) in [4.78, 5) is 23.0. The second-order valence-electron chi connectivity index (χ2n) is 5.63. The predicted molar refractivity (Wildman–Crippen MR) is 99.5 cm³/mol. The van der Waals surface area contributed by atoms with Crippen LogP contribution in [0.1, 0.15) is 28.4 Å². The molecule has 7 heteroatoms. The van der Waals surface area contributed by atoms with Crippen molar-refractivity contribution in [2.45, 2.75) is 18.7 Å². The van der Waals surface area contributed by atoms with Gasteiger partial charge in [0.2, 0.25) is 0 Å². The number of carbonyl (C=O) groups excluding carboxylic acids is 2. The average molecular weight is 373 g/mol. The number of hydrogen-bond donors (Lipinski definition) is 1. The molecule has 2 aromatic carbocycles. The van der Waals surface area contributed by atoms with E-state index in [1.807, 2.05) is 6.92 Å². The van der Waals surface area contributed by atoms with Gasteiger partial charge in [-0.1, -0.05) is 17.7 Å². The molecular weight excluding hydrogens is 354 g/mol. The predicted octanol–water partition coefficient (Wildman–Crippen LogP) is 3.18. The summed E-state index contributed by atoms with van der Waals surface area (Å²) in [6.45, 7) is 3.26. The Morgan fingerprint density at radius 3 is 2.31 bits per heavy atom. The number of anilines is 1. The molecule has 0 unspecified atom stereocenters. The molecule has 0 fully saturated rings. The molecule has 2 aromatic rings. The van der Waals surface area contributed by atoms with Gasteiger partial charge in [0.15, 0.2) is 5.78 Å². The van der Waals surface area contributed by atoms with Crippen molar-refractivity contribution < 1.29 is 22.7 Å². The van der Waals surface area contributed by atoms with Crippen LogP contribution in [0.3, 0.4) is 0 Å². The number of benzene rings is 2. The summed E-state index contributed by atoms with van der Waals surface area (Å²) in [6.07, 6.45) is 2.55. The molecule has 0 aliphatic heterocycles. The van der Waals surface area contributed by atoms with Crippen molar-refractivity contribution in [2.75, 3.05) is 11.8 Å². The standard InChI is InChI=1S/C19H19NO5S/c1-13-4-8-17(9-5-13)26(23,24)20-18-10-6-15(14(2)21)12-16(18)7-11-19(22)25-3/h4-12,20H,1-3H3/b11-7+. The van der Waals surface area contributed by atoms with Crippen LogP contribution >= 0.6 is 0 Å². The number of methoxy groups -OCH3 is 1. The SMILES string of the molecule is COC(=O)/C=C/c1cc(C(C)=O)ccc1NS(=O)(=O)c1ccc(C)cc1. The topological polar surface area (TPSA) is 89.5 Å². The highest BCUT2D eigenvalue weighted by Gasteiger charge is 2.16. The molecule has 0 saturated carbocycles. The van der Waals surface area contributed by atoms with Gasteiger partial charge in [-0.3, -0.25) is 9.52 Å². The van der Waals surface area contributed by atoms with Gasteiger partial charge < -0.3 is 4.74 Å². The van der Waals surface area contributed by atoms with Gasteiger partial charge in [-0.25, -0.2) is 13.2 Å². The molecule has 26 heavy (non-hydrogen) atoms. The molecule has 136 valence electrons. The van der Waals surface area contributed by atoms with Gasteiger partial charge >= 0.3 is 5.97 Å². The second-order valence-corrected chi connectivity index (χ2v) is 7.32. The van der Waals surface area contributed by atoms with Gasteiger partial charge in [-0.05, 0) is 55.8 Å². The Hall–Kier alpha value is -2.93. The summed E-state index contributed by atoms with van der Waals surface area (Å²) in [6, 6.07) is 10.9. The van der Waals surface area contributed by atoms with Gasteiger partial charge in [-0.15, -0.1) is 0 Å². The molecule has 0 aliphatic rings. The van der Waals surface area contributed by atoms with E-state index in [4.69, 9.17) is 0 Å². The van der Waals surface area contributed by atoms with Crippen LogP contribution in [0.4, 0.5) is 5.69 Å². The summed E-state index contributed by atoms with van der Waals surface area (Å²) in [7, 11) is -2.58. The molecule has 0 spiro atoms. The lowest BCUT2D eigenvalue weighted by Crippen LogP contribution is -2.14. The van der Waals surface area contributed by atoms with Crippen molar-refractivity contribution >= 4 is 33.5 Å². The van der Waals surface area contributed by atoms with Crippen molar-refractivity contribution in [3.63, 3.8) is 0 Å². The number of sulfonamides is 1. The molecule has 0 aliphatic carbocycles. The Labute approximate surface area is 152 Å². The van der Waals surface area contributed by atoms with Crippen LogP contribution < -0.4 is 4.72 Å². The van der Waals surface area contributed by atoms with E-state index in [1.165, 1.54) is 50.4 Å². The lowest BCUT2D eigenvalue weighted by molar-refractivity contribution is -0.134. The smallest absolute Gasteiger partial charge is 0.330 e. The number of nitrogens with one attached hydrogen (secondary N) is 1. The van der Waals surface area contributed by atoms with Crippen LogP contribution in [0.25, 0.3) is 6.08 Å². The lowest BCUT2D eigenvalue weighted by Gasteiger charge is -2.12. The number of ether oxygens (including phenoxy) is 1. The molecule has 0 aromatic heterocycles. The molecule has 2 rings (SSSR count). The van der Waals surface area contributed by atoms with Crippen LogP contribution in [0.15, 0.2) is 53.4 Å². The number of esters is 1. The minimum atomic E-state index is -3.81. The van der Waals surface area contributed by atoms with E-state index in [2.05, 4.69) is 9.46 Å². The molecule has 6 nitrogen and oxygen atoms in total. The van der Waals surface area contributed by atoms with E-state index in [0.29, 0.717) is 11.1 Å². The fraction of sp³-hybridized carbons (Fsp3) is 0.158. The van der Waals surface area contributed by atoms with Crippen LogP contribution in [0.2, 0.25) is 0 Å². The number of carbonyl (C=O) groups is 2. The van der Waals surface area contributed by atoms with Crippen LogP contribution in [0, 0.1) is 6.92 Å². The summed E-state index contributed by atoms with van der Waals surface area (Å²) in [5.41, 5.74) is 1.96. The molecule has 0 amide bonds.